The molecule has 2 heterocycles. The summed E-state index contributed by atoms with van der Waals surface area (Å²) in [4.78, 5) is 9.47. The highest BCUT2D eigenvalue weighted by atomic mass is 16.5. The average molecular weight is 349 g/mol. The Hall–Kier alpha value is -2.89. The van der Waals surface area contributed by atoms with Crippen LogP contribution in [0.15, 0.2) is 30.3 Å². The first kappa shape index (κ1) is 16.6. The van der Waals surface area contributed by atoms with Crippen molar-refractivity contribution in [2.45, 2.75) is 46.1 Å². The molecule has 0 amide bonds. The first-order valence-corrected chi connectivity index (χ1v) is 9.04. The quantitative estimate of drug-likeness (QED) is 0.728. The topological polar surface area (TPSA) is 75.7 Å². The Kier molecular flexibility index (Phi) is 4.56. The van der Waals surface area contributed by atoms with E-state index in [9.17, 15) is 0 Å². The Balaban J connectivity index is 1.58. The van der Waals surface area contributed by atoms with Crippen molar-refractivity contribution in [1.82, 2.24) is 20.2 Å². The first-order chi connectivity index (χ1) is 12.7. The third-order valence-corrected chi connectivity index (χ3v) is 4.57. The van der Waals surface area contributed by atoms with Crippen molar-refractivity contribution in [3.05, 3.63) is 58.7 Å². The van der Waals surface area contributed by atoms with Gasteiger partial charge in [-0.05, 0) is 51.7 Å². The predicted octanol–water partition coefficient (Wildman–Crippen LogP) is 4.02. The zero-order chi connectivity index (χ0) is 17.9. The smallest absolute Gasteiger partial charge is 0.168 e. The van der Waals surface area contributed by atoms with Crippen LogP contribution < -0.4 is 10.1 Å². The van der Waals surface area contributed by atoms with Crippen LogP contribution in [0.4, 0.5) is 11.6 Å². The number of aryl methyl sites for hydroxylation is 3. The van der Waals surface area contributed by atoms with Gasteiger partial charge in [0.2, 0.25) is 0 Å². The lowest BCUT2D eigenvalue weighted by atomic mass is 9.96. The van der Waals surface area contributed by atoms with E-state index >= 15 is 0 Å². The fourth-order valence-corrected chi connectivity index (χ4v) is 3.20. The third kappa shape index (κ3) is 3.69. The maximum absolute atomic E-state index is 5.87. The number of aromatic nitrogens is 4. The van der Waals surface area contributed by atoms with Gasteiger partial charge < -0.3 is 10.1 Å². The second kappa shape index (κ2) is 7.15. The third-order valence-electron chi connectivity index (χ3n) is 4.57. The molecule has 0 fully saturated rings. The van der Waals surface area contributed by atoms with Crippen molar-refractivity contribution < 1.29 is 4.74 Å². The SMILES string of the molecule is Cc1ccc(OCc2nc3c(c(Nc4cc(C)[nH]n4)n2)CCCC3)cc1. The number of nitrogens with one attached hydrogen (secondary N) is 2. The Morgan fingerprint density at radius 1 is 1.08 bits per heavy atom. The summed E-state index contributed by atoms with van der Waals surface area (Å²) in [6.07, 6.45) is 4.33. The number of hydrogen-bond donors (Lipinski definition) is 2. The highest BCUT2D eigenvalue weighted by Crippen LogP contribution is 2.27. The van der Waals surface area contributed by atoms with Crippen molar-refractivity contribution in [1.29, 1.82) is 0 Å². The summed E-state index contributed by atoms with van der Waals surface area (Å²) >= 11 is 0. The minimum absolute atomic E-state index is 0.352. The Morgan fingerprint density at radius 3 is 2.65 bits per heavy atom. The summed E-state index contributed by atoms with van der Waals surface area (Å²) in [6, 6.07) is 9.99. The normalized spacial score (nSPS) is 13.3. The summed E-state index contributed by atoms with van der Waals surface area (Å²) in [5, 5.41) is 10.6. The Morgan fingerprint density at radius 2 is 1.88 bits per heavy atom. The monoisotopic (exact) mass is 349 g/mol. The largest absolute Gasteiger partial charge is 0.486 e. The van der Waals surface area contributed by atoms with Crippen LogP contribution in [0.1, 0.15) is 41.2 Å². The van der Waals surface area contributed by atoms with Crippen molar-refractivity contribution in [3.63, 3.8) is 0 Å². The molecule has 26 heavy (non-hydrogen) atoms. The van der Waals surface area contributed by atoms with E-state index in [0.717, 1.165) is 41.6 Å². The van der Waals surface area contributed by atoms with Gasteiger partial charge in [-0.15, -0.1) is 0 Å². The molecule has 6 nitrogen and oxygen atoms in total. The number of ether oxygens (including phenoxy) is 1. The number of H-pyrrole nitrogens is 1. The van der Waals surface area contributed by atoms with Crippen LogP contribution in [0.5, 0.6) is 5.75 Å². The molecule has 2 aromatic heterocycles. The molecule has 0 aliphatic heterocycles. The number of hydrogen-bond acceptors (Lipinski definition) is 5. The van der Waals surface area contributed by atoms with Crippen molar-refractivity contribution in [2.75, 3.05) is 5.32 Å². The van der Waals surface area contributed by atoms with E-state index in [1.807, 2.05) is 37.3 Å². The van der Waals surface area contributed by atoms with Crippen molar-refractivity contribution in [2.24, 2.45) is 0 Å². The molecule has 6 heteroatoms. The lowest BCUT2D eigenvalue weighted by molar-refractivity contribution is 0.295. The number of aromatic amines is 1. The lowest BCUT2D eigenvalue weighted by Gasteiger charge is -2.19. The van der Waals surface area contributed by atoms with E-state index in [-0.39, 0.29) is 0 Å². The van der Waals surface area contributed by atoms with E-state index < -0.39 is 0 Å². The van der Waals surface area contributed by atoms with Crippen LogP contribution in [0.25, 0.3) is 0 Å². The number of benzene rings is 1. The second-order valence-corrected chi connectivity index (χ2v) is 6.78. The molecule has 0 saturated carbocycles. The number of anilines is 2. The molecule has 0 bridgehead atoms. The van der Waals surface area contributed by atoms with Gasteiger partial charge in [0.05, 0.1) is 0 Å². The van der Waals surface area contributed by atoms with Gasteiger partial charge in [0.1, 0.15) is 18.2 Å². The molecule has 4 rings (SSSR count). The van der Waals surface area contributed by atoms with Gasteiger partial charge in [0.25, 0.3) is 0 Å². The summed E-state index contributed by atoms with van der Waals surface area (Å²) in [5.74, 6) is 3.15. The molecule has 1 aliphatic rings. The standard InChI is InChI=1S/C20H23N5O/c1-13-7-9-15(10-8-13)26-12-19-21-17-6-4-3-5-16(17)20(23-19)22-18-11-14(2)24-25-18/h7-11H,3-6,12H2,1-2H3,(H2,21,22,23,24,25). The molecule has 3 aromatic rings. The maximum Gasteiger partial charge on any atom is 0.168 e. The number of fused-ring (bicyclic) bond motifs is 1. The van der Waals surface area contributed by atoms with Gasteiger partial charge in [-0.1, -0.05) is 17.7 Å². The fourth-order valence-electron chi connectivity index (χ4n) is 3.20. The Labute approximate surface area is 153 Å². The first-order valence-electron chi connectivity index (χ1n) is 9.04. The van der Waals surface area contributed by atoms with Crippen molar-refractivity contribution >= 4 is 11.6 Å². The van der Waals surface area contributed by atoms with Crippen LogP contribution in [0.2, 0.25) is 0 Å². The van der Waals surface area contributed by atoms with E-state index in [0.29, 0.717) is 12.4 Å². The molecule has 0 unspecified atom stereocenters. The molecule has 134 valence electrons. The molecule has 0 saturated heterocycles. The molecule has 0 atom stereocenters. The summed E-state index contributed by atoms with van der Waals surface area (Å²) in [5.41, 5.74) is 4.56. The zero-order valence-corrected chi connectivity index (χ0v) is 15.2. The highest BCUT2D eigenvalue weighted by molar-refractivity contribution is 5.57. The summed E-state index contributed by atoms with van der Waals surface area (Å²) in [6.45, 7) is 4.39. The van der Waals surface area contributed by atoms with Gasteiger partial charge >= 0.3 is 0 Å². The van der Waals surface area contributed by atoms with E-state index in [1.54, 1.807) is 0 Å². The average Bonchev–Trinajstić information content (AvgIpc) is 3.06. The van der Waals surface area contributed by atoms with E-state index in [1.165, 1.54) is 24.0 Å². The van der Waals surface area contributed by atoms with Crippen LogP contribution in [0.3, 0.4) is 0 Å². The van der Waals surface area contributed by atoms with Crippen LogP contribution >= 0.6 is 0 Å². The zero-order valence-electron chi connectivity index (χ0n) is 15.2. The van der Waals surface area contributed by atoms with Gasteiger partial charge in [0, 0.05) is 23.0 Å². The maximum atomic E-state index is 5.87. The van der Waals surface area contributed by atoms with Crippen LogP contribution in [-0.2, 0) is 19.4 Å². The van der Waals surface area contributed by atoms with E-state index in [4.69, 9.17) is 14.7 Å². The second-order valence-electron chi connectivity index (χ2n) is 6.78. The molecular formula is C20H23N5O. The fraction of sp³-hybridized carbons (Fsp3) is 0.350. The Bertz CT molecular complexity index is 901. The van der Waals surface area contributed by atoms with Crippen LogP contribution in [0, 0.1) is 13.8 Å². The molecular weight excluding hydrogens is 326 g/mol. The number of nitrogens with zero attached hydrogens (tertiary/aromatic N) is 3. The predicted molar refractivity (Wildman–Crippen MR) is 101 cm³/mol. The van der Waals surface area contributed by atoms with Gasteiger partial charge in [-0.3, -0.25) is 5.10 Å². The van der Waals surface area contributed by atoms with Gasteiger partial charge in [0.15, 0.2) is 11.6 Å². The lowest BCUT2D eigenvalue weighted by Crippen LogP contribution is -2.14. The van der Waals surface area contributed by atoms with Gasteiger partial charge in [-0.2, -0.15) is 5.10 Å². The molecule has 0 radical (unpaired) electrons. The van der Waals surface area contributed by atoms with E-state index in [2.05, 4.69) is 22.4 Å². The summed E-state index contributed by atoms with van der Waals surface area (Å²) < 4.78 is 5.87. The minimum Gasteiger partial charge on any atom is -0.486 e. The molecule has 2 N–H and O–H groups in total. The molecule has 0 spiro atoms. The minimum atomic E-state index is 0.352. The summed E-state index contributed by atoms with van der Waals surface area (Å²) in [7, 11) is 0. The van der Waals surface area contributed by atoms with Crippen molar-refractivity contribution in [3.8, 4) is 5.75 Å². The molecule has 1 aliphatic carbocycles. The van der Waals surface area contributed by atoms with Crippen LogP contribution in [-0.4, -0.2) is 20.2 Å². The van der Waals surface area contributed by atoms with Gasteiger partial charge in [-0.25, -0.2) is 9.97 Å². The highest BCUT2D eigenvalue weighted by Gasteiger charge is 2.18. The number of rotatable bonds is 5. The molecule has 1 aromatic carbocycles.